The van der Waals surface area contributed by atoms with Crippen molar-refractivity contribution < 1.29 is 9.59 Å². The highest BCUT2D eigenvalue weighted by Crippen LogP contribution is 2.29. The Balaban J connectivity index is 1.57. The molecule has 0 aliphatic carbocycles. The molecule has 0 radical (unpaired) electrons. The van der Waals surface area contributed by atoms with Crippen LogP contribution >= 0.6 is 11.6 Å². The Morgan fingerprint density at radius 1 is 1.32 bits per heavy atom. The van der Waals surface area contributed by atoms with Gasteiger partial charge in [0.05, 0.1) is 18.2 Å². The van der Waals surface area contributed by atoms with Gasteiger partial charge in [-0.05, 0) is 25.7 Å². The summed E-state index contributed by atoms with van der Waals surface area (Å²) in [6.45, 7) is 0.795. The molecule has 1 aromatic rings. The number of carbonyl (C=O) groups is 2. The normalized spacial score (nSPS) is 24.8. The zero-order chi connectivity index (χ0) is 15.5. The van der Waals surface area contributed by atoms with Gasteiger partial charge in [0.15, 0.2) is 5.15 Å². The fourth-order valence-electron chi connectivity index (χ4n) is 3.26. The molecule has 2 aliphatic heterocycles. The molecular formula is C15H19ClN4O2. The summed E-state index contributed by atoms with van der Waals surface area (Å²) in [5, 5.41) is 3.16. The van der Waals surface area contributed by atoms with Crippen molar-refractivity contribution in [3.8, 4) is 0 Å². The van der Waals surface area contributed by atoms with Gasteiger partial charge in [0.2, 0.25) is 11.8 Å². The van der Waals surface area contributed by atoms with Gasteiger partial charge in [-0.1, -0.05) is 11.6 Å². The first kappa shape index (κ1) is 15.2. The smallest absolute Gasteiger partial charge is 0.225 e. The number of fused-ring (bicyclic) bond motifs is 1. The molecule has 6 nitrogen and oxygen atoms in total. The maximum absolute atomic E-state index is 12.3. The summed E-state index contributed by atoms with van der Waals surface area (Å²) in [5.74, 6) is -0.00184. The lowest BCUT2D eigenvalue weighted by atomic mass is 9.87. The molecule has 2 atom stereocenters. The molecule has 118 valence electrons. The lowest BCUT2D eigenvalue weighted by molar-refractivity contribution is -0.141. The van der Waals surface area contributed by atoms with Crippen LogP contribution in [-0.4, -0.2) is 39.3 Å². The van der Waals surface area contributed by atoms with Crippen LogP contribution in [0.3, 0.4) is 0 Å². The molecular weight excluding hydrogens is 304 g/mol. The number of piperidine rings is 2. The number of hydrogen-bond donors (Lipinski definition) is 1. The highest BCUT2D eigenvalue weighted by atomic mass is 35.5. The van der Waals surface area contributed by atoms with Crippen LogP contribution in [0.15, 0.2) is 12.4 Å². The molecule has 0 saturated carbocycles. The minimum absolute atomic E-state index is 0.0430. The summed E-state index contributed by atoms with van der Waals surface area (Å²) in [5.41, 5.74) is 0.556. The van der Waals surface area contributed by atoms with Gasteiger partial charge in [0, 0.05) is 31.4 Å². The Bertz CT molecular complexity index is 580. The van der Waals surface area contributed by atoms with Crippen molar-refractivity contribution in [3.63, 3.8) is 0 Å². The van der Waals surface area contributed by atoms with E-state index in [1.165, 1.54) is 6.20 Å². The van der Waals surface area contributed by atoms with E-state index in [0.29, 0.717) is 29.9 Å². The summed E-state index contributed by atoms with van der Waals surface area (Å²) in [6.07, 6.45) is 7.45. The molecule has 2 amide bonds. The van der Waals surface area contributed by atoms with Crippen molar-refractivity contribution in [1.82, 2.24) is 20.2 Å². The van der Waals surface area contributed by atoms with Crippen molar-refractivity contribution in [2.75, 3.05) is 6.54 Å². The van der Waals surface area contributed by atoms with Crippen molar-refractivity contribution in [1.29, 1.82) is 0 Å². The van der Waals surface area contributed by atoms with E-state index in [4.69, 9.17) is 11.6 Å². The van der Waals surface area contributed by atoms with Gasteiger partial charge in [0.1, 0.15) is 0 Å². The second kappa shape index (κ2) is 6.60. The molecule has 3 rings (SSSR count). The SMILES string of the molecule is O=C(NCc1nccnc1Cl)[C@@H]1CC[C@H]2CCCC(=O)N2C1. The monoisotopic (exact) mass is 322 g/mol. The average Bonchev–Trinajstić information content (AvgIpc) is 2.54. The maximum Gasteiger partial charge on any atom is 0.225 e. The number of hydrogen-bond acceptors (Lipinski definition) is 4. The molecule has 7 heteroatoms. The zero-order valence-corrected chi connectivity index (χ0v) is 13.1. The number of rotatable bonds is 3. The van der Waals surface area contributed by atoms with Crippen molar-refractivity contribution >= 4 is 23.4 Å². The van der Waals surface area contributed by atoms with E-state index in [9.17, 15) is 9.59 Å². The number of amides is 2. The predicted octanol–water partition coefficient (Wildman–Crippen LogP) is 1.54. The molecule has 0 aromatic carbocycles. The number of halogens is 1. The van der Waals surface area contributed by atoms with Gasteiger partial charge >= 0.3 is 0 Å². The van der Waals surface area contributed by atoms with Gasteiger partial charge in [-0.15, -0.1) is 0 Å². The number of aromatic nitrogens is 2. The number of nitrogens with one attached hydrogen (secondary N) is 1. The van der Waals surface area contributed by atoms with E-state index < -0.39 is 0 Å². The van der Waals surface area contributed by atoms with E-state index in [2.05, 4.69) is 15.3 Å². The average molecular weight is 323 g/mol. The van der Waals surface area contributed by atoms with Crippen LogP contribution < -0.4 is 5.32 Å². The quantitative estimate of drug-likeness (QED) is 0.916. The summed E-state index contributed by atoms with van der Waals surface area (Å²) in [4.78, 5) is 34.2. The van der Waals surface area contributed by atoms with E-state index >= 15 is 0 Å². The minimum Gasteiger partial charge on any atom is -0.350 e. The van der Waals surface area contributed by atoms with Gasteiger partial charge in [-0.2, -0.15) is 0 Å². The first-order valence-corrected chi connectivity index (χ1v) is 8.05. The molecule has 3 heterocycles. The Kier molecular flexibility index (Phi) is 4.57. The maximum atomic E-state index is 12.3. The fourth-order valence-corrected chi connectivity index (χ4v) is 3.43. The second-order valence-electron chi connectivity index (χ2n) is 5.88. The standard InChI is InChI=1S/C15H19ClN4O2/c16-14-12(17-6-7-18-14)8-19-15(22)10-4-5-11-2-1-3-13(21)20(11)9-10/h6-7,10-11H,1-5,8-9H2,(H,19,22)/t10-,11-/m1/s1. The van der Waals surface area contributed by atoms with E-state index in [0.717, 1.165) is 25.7 Å². The second-order valence-corrected chi connectivity index (χ2v) is 6.24. The topological polar surface area (TPSA) is 75.2 Å². The fraction of sp³-hybridized carbons (Fsp3) is 0.600. The largest absolute Gasteiger partial charge is 0.350 e. The summed E-state index contributed by atoms with van der Waals surface area (Å²) in [6, 6.07) is 0.333. The van der Waals surface area contributed by atoms with Gasteiger partial charge in [-0.3, -0.25) is 14.6 Å². The number of carbonyl (C=O) groups excluding carboxylic acids is 2. The van der Waals surface area contributed by atoms with Gasteiger partial charge < -0.3 is 10.2 Å². The molecule has 0 unspecified atom stereocenters. The molecule has 2 aliphatic rings. The lowest BCUT2D eigenvalue weighted by Gasteiger charge is -2.42. The van der Waals surface area contributed by atoms with E-state index in [1.54, 1.807) is 6.20 Å². The first-order chi connectivity index (χ1) is 10.6. The molecule has 2 saturated heterocycles. The Morgan fingerprint density at radius 3 is 2.95 bits per heavy atom. The zero-order valence-electron chi connectivity index (χ0n) is 12.3. The molecule has 1 aromatic heterocycles. The first-order valence-electron chi connectivity index (χ1n) is 7.67. The highest BCUT2D eigenvalue weighted by molar-refractivity contribution is 6.29. The molecule has 0 bridgehead atoms. The van der Waals surface area contributed by atoms with Crippen LogP contribution in [0.25, 0.3) is 0 Å². The molecule has 1 N–H and O–H groups in total. The van der Waals surface area contributed by atoms with Crippen molar-refractivity contribution in [3.05, 3.63) is 23.2 Å². The third-order valence-corrected chi connectivity index (χ3v) is 4.79. The molecule has 0 spiro atoms. The van der Waals surface area contributed by atoms with Crippen molar-refractivity contribution in [2.45, 2.75) is 44.7 Å². The Labute approximate surface area is 134 Å². The highest BCUT2D eigenvalue weighted by Gasteiger charge is 2.36. The summed E-state index contributed by atoms with van der Waals surface area (Å²) >= 11 is 5.93. The van der Waals surface area contributed by atoms with Crippen LogP contribution in [0.2, 0.25) is 5.15 Å². The molecule has 22 heavy (non-hydrogen) atoms. The van der Waals surface area contributed by atoms with Crippen LogP contribution in [0.1, 0.15) is 37.8 Å². The Morgan fingerprint density at radius 2 is 2.14 bits per heavy atom. The minimum atomic E-state index is -0.145. The summed E-state index contributed by atoms with van der Waals surface area (Å²) < 4.78 is 0. The van der Waals surface area contributed by atoms with Crippen LogP contribution in [0.5, 0.6) is 0 Å². The third-order valence-electron chi connectivity index (χ3n) is 4.48. The van der Waals surface area contributed by atoms with Crippen LogP contribution in [-0.2, 0) is 16.1 Å². The third kappa shape index (κ3) is 3.21. The lowest BCUT2D eigenvalue weighted by Crippen LogP contribution is -2.52. The van der Waals surface area contributed by atoms with E-state index in [1.807, 2.05) is 4.90 Å². The predicted molar refractivity (Wildman–Crippen MR) is 81.0 cm³/mol. The van der Waals surface area contributed by atoms with E-state index in [-0.39, 0.29) is 24.3 Å². The summed E-state index contributed by atoms with van der Waals surface area (Å²) in [7, 11) is 0. The van der Waals surface area contributed by atoms with Crippen LogP contribution in [0.4, 0.5) is 0 Å². The van der Waals surface area contributed by atoms with Crippen LogP contribution in [0, 0.1) is 5.92 Å². The van der Waals surface area contributed by atoms with Gasteiger partial charge in [-0.25, -0.2) is 4.98 Å². The van der Waals surface area contributed by atoms with Gasteiger partial charge in [0.25, 0.3) is 0 Å². The Hall–Kier alpha value is -1.69. The number of nitrogens with zero attached hydrogens (tertiary/aromatic N) is 3. The molecule has 2 fully saturated rings. The van der Waals surface area contributed by atoms with Crippen molar-refractivity contribution in [2.24, 2.45) is 5.92 Å².